The second-order valence-corrected chi connectivity index (χ2v) is 11.8. The van der Waals surface area contributed by atoms with Crippen LogP contribution in [0.1, 0.15) is 51.6 Å². The van der Waals surface area contributed by atoms with Gasteiger partial charge in [0.1, 0.15) is 23.7 Å². The van der Waals surface area contributed by atoms with Gasteiger partial charge in [0.25, 0.3) is 0 Å². The number of carbonyl (C=O) groups is 1. The molecule has 4 rings (SSSR count). The van der Waals surface area contributed by atoms with Gasteiger partial charge in [-0.15, -0.1) is 0 Å². The van der Waals surface area contributed by atoms with Crippen LogP contribution in [0.5, 0.6) is 5.75 Å². The van der Waals surface area contributed by atoms with Crippen LogP contribution in [0.3, 0.4) is 0 Å². The van der Waals surface area contributed by atoms with E-state index in [2.05, 4.69) is 16.0 Å². The number of amides is 1. The summed E-state index contributed by atoms with van der Waals surface area (Å²) in [6.07, 6.45) is 4.82. The van der Waals surface area contributed by atoms with Crippen LogP contribution in [-0.2, 0) is 14.6 Å². The van der Waals surface area contributed by atoms with Crippen LogP contribution >= 0.6 is 0 Å². The second-order valence-electron chi connectivity index (χ2n) is 9.89. The first-order valence-corrected chi connectivity index (χ1v) is 13.6. The van der Waals surface area contributed by atoms with E-state index in [1.165, 1.54) is 0 Å². The Hall–Kier alpha value is -3.77. The third kappa shape index (κ3) is 5.71. The summed E-state index contributed by atoms with van der Waals surface area (Å²) in [4.78, 5) is 12.1. The summed E-state index contributed by atoms with van der Waals surface area (Å²) < 4.78 is 35.8. The maximum Gasteiger partial charge on any atom is 0.412 e. The van der Waals surface area contributed by atoms with Gasteiger partial charge in [-0.3, -0.25) is 5.32 Å². The van der Waals surface area contributed by atoms with Crippen LogP contribution in [0, 0.1) is 11.3 Å². The van der Waals surface area contributed by atoms with Crippen LogP contribution in [-0.4, -0.2) is 30.9 Å². The second kappa shape index (κ2) is 9.70. The van der Waals surface area contributed by atoms with Crippen molar-refractivity contribution in [3.8, 4) is 23.1 Å². The lowest BCUT2D eigenvalue weighted by Crippen LogP contribution is -2.27. The van der Waals surface area contributed by atoms with Crippen molar-refractivity contribution in [2.24, 2.45) is 0 Å². The lowest BCUT2D eigenvalue weighted by molar-refractivity contribution is 0.0636. The molecule has 8 nitrogen and oxygen atoms in total. The molecule has 0 radical (unpaired) electrons. The average molecular weight is 508 g/mol. The number of aromatic nitrogens is 1. The molecule has 1 heterocycles. The van der Waals surface area contributed by atoms with E-state index in [1.807, 2.05) is 24.3 Å². The topological polar surface area (TPSA) is 110 Å². The number of carbonyl (C=O) groups excluding carboxylic acids is 1. The maximum atomic E-state index is 12.1. The number of fused-ring (bicyclic) bond motifs is 1. The first kappa shape index (κ1) is 25.3. The Kier molecular flexibility index (Phi) is 6.83. The van der Waals surface area contributed by atoms with E-state index in [-0.39, 0.29) is 6.04 Å². The Morgan fingerprint density at radius 1 is 1.17 bits per heavy atom. The Labute approximate surface area is 211 Å². The maximum absolute atomic E-state index is 12.1. The number of benzene rings is 2. The molecule has 1 aliphatic carbocycles. The average Bonchev–Trinajstić information content (AvgIpc) is 3.04. The van der Waals surface area contributed by atoms with Crippen LogP contribution in [0.4, 0.5) is 10.5 Å². The number of anilines is 1. The number of nitrogens with one attached hydrogen (secondary N) is 1. The molecule has 2 aromatic carbocycles. The Bertz CT molecular complexity index is 1470. The minimum absolute atomic E-state index is 0.242. The highest BCUT2D eigenvalue weighted by atomic mass is 32.2. The normalized spacial score (nSPS) is 14.4. The molecule has 1 aromatic heterocycles. The third-order valence-electron chi connectivity index (χ3n) is 5.84. The summed E-state index contributed by atoms with van der Waals surface area (Å²) in [5, 5.41) is 14.6. The molecule has 3 aromatic rings. The number of hydrogen-bond donors (Lipinski definition) is 1. The number of sulfone groups is 1. The van der Waals surface area contributed by atoms with Gasteiger partial charge in [-0.2, -0.15) is 5.26 Å². The zero-order valence-electron chi connectivity index (χ0n) is 20.7. The predicted octanol–water partition coefficient (Wildman–Crippen LogP) is 6.15. The summed E-state index contributed by atoms with van der Waals surface area (Å²) in [5.74, 6) is 0.480. The summed E-state index contributed by atoms with van der Waals surface area (Å²) in [7, 11) is -3.30. The van der Waals surface area contributed by atoms with Gasteiger partial charge in [-0.25, -0.2) is 13.2 Å². The predicted molar refractivity (Wildman–Crippen MR) is 139 cm³/mol. The molecule has 0 aliphatic heterocycles. The van der Waals surface area contributed by atoms with Crippen molar-refractivity contribution in [3.05, 3.63) is 59.7 Å². The van der Waals surface area contributed by atoms with Crippen molar-refractivity contribution < 1.29 is 22.7 Å². The molecule has 0 unspecified atom stereocenters. The van der Waals surface area contributed by atoms with E-state index in [1.54, 1.807) is 39.0 Å². The van der Waals surface area contributed by atoms with E-state index < -0.39 is 21.5 Å². The molecule has 9 heteroatoms. The van der Waals surface area contributed by atoms with E-state index in [0.717, 1.165) is 59.3 Å². The van der Waals surface area contributed by atoms with Crippen molar-refractivity contribution >= 4 is 32.5 Å². The quantitative estimate of drug-likeness (QED) is 0.401. The monoisotopic (exact) mass is 507 g/mol. The first-order chi connectivity index (χ1) is 16.9. The fourth-order valence-corrected chi connectivity index (χ4v) is 4.38. The van der Waals surface area contributed by atoms with Gasteiger partial charge < -0.3 is 14.0 Å². The van der Waals surface area contributed by atoms with Gasteiger partial charge in [0.05, 0.1) is 22.2 Å². The lowest BCUT2D eigenvalue weighted by atomic mass is 9.92. The van der Waals surface area contributed by atoms with Gasteiger partial charge in [0, 0.05) is 29.4 Å². The van der Waals surface area contributed by atoms with E-state index in [4.69, 9.17) is 9.47 Å². The number of hydrogen-bond acceptors (Lipinski definition) is 6. The van der Waals surface area contributed by atoms with Crippen molar-refractivity contribution in [1.29, 1.82) is 5.26 Å². The molecule has 0 atom stereocenters. The zero-order chi connectivity index (χ0) is 26.1. The number of nitrogens with zero attached hydrogens (tertiary/aromatic N) is 2. The van der Waals surface area contributed by atoms with Crippen LogP contribution < -0.4 is 10.1 Å². The van der Waals surface area contributed by atoms with Crippen molar-refractivity contribution in [2.75, 3.05) is 11.6 Å². The molecule has 1 saturated carbocycles. The van der Waals surface area contributed by atoms with Gasteiger partial charge in [-0.05, 0) is 69.9 Å². The third-order valence-corrected chi connectivity index (χ3v) is 6.44. The molecule has 188 valence electrons. The first-order valence-electron chi connectivity index (χ1n) is 11.7. The van der Waals surface area contributed by atoms with Crippen LogP contribution in [0.25, 0.3) is 22.2 Å². The molecule has 1 fully saturated rings. The molecule has 0 spiro atoms. The minimum atomic E-state index is -3.30. The van der Waals surface area contributed by atoms with E-state index >= 15 is 0 Å². The molecule has 36 heavy (non-hydrogen) atoms. The molecule has 0 saturated heterocycles. The van der Waals surface area contributed by atoms with Crippen LogP contribution in [0.2, 0.25) is 0 Å². The summed E-state index contributed by atoms with van der Waals surface area (Å²) in [6.45, 7) is 5.41. The smallest absolute Gasteiger partial charge is 0.412 e. The standard InChI is InChI=1S/C27H29N3O5S/c1-27(2,3)35-26(31)29-19-10-8-18(9-11-19)25-23(17-28)22-13-12-21(34-14-15-36(4,32)33)16-24(22)30(25)20-6-5-7-20/h8-16,20H,5-7H2,1-4H3,(H,29,31)/b15-14+. The number of rotatable bonds is 6. The molecule has 1 N–H and O–H groups in total. The molecular weight excluding hydrogens is 478 g/mol. The van der Waals surface area contributed by atoms with E-state index in [0.29, 0.717) is 17.0 Å². The number of ether oxygens (including phenoxy) is 2. The Balaban J connectivity index is 1.73. The largest absolute Gasteiger partial charge is 0.464 e. The van der Waals surface area contributed by atoms with Gasteiger partial charge >= 0.3 is 6.09 Å². The SMILES string of the molecule is CC(C)(C)OC(=O)Nc1ccc(-c2c(C#N)c3ccc(O/C=C/S(C)(=O)=O)cc3n2C2CCC2)cc1. The number of nitriles is 1. The van der Waals surface area contributed by atoms with Crippen molar-refractivity contribution in [2.45, 2.75) is 51.7 Å². The van der Waals surface area contributed by atoms with Crippen molar-refractivity contribution in [3.63, 3.8) is 0 Å². The Morgan fingerprint density at radius 3 is 2.42 bits per heavy atom. The summed E-state index contributed by atoms with van der Waals surface area (Å²) in [5.41, 5.74) is 3.06. The molecule has 0 bridgehead atoms. The van der Waals surface area contributed by atoms with Gasteiger partial charge in [0.2, 0.25) is 0 Å². The fourth-order valence-electron chi connectivity index (χ4n) is 4.12. The minimum Gasteiger partial charge on any atom is -0.464 e. The summed E-state index contributed by atoms with van der Waals surface area (Å²) in [6, 6.07) is 15.3. The highest BCUT2D eigenvalue weighted by Gasteiger charge is 2.28. The highest BCUT2D eigenvalue weighted by molar-refractivity contribution is 7.93. The van der Waals surface area contributed by atoms with Crippen molar-refractivity contribution in [1.82, 2.24) is 4.57 Å². The Morgan fingerprint density at radius 2 is 1.86 bits per heavy atom. The molecule has 1 amide bonds. The van der Waals surface area contributed by atoms with Gasteiger partial charge in [0.15, 0.2) is 9.84 Å². The molecular formula is C27H29N3O5S. The lowest BCUT2D eigenvalue weighted by Gasteiger charge is -2.30. The van der Waals surface area contributed by atoms with Crippen LogP contribution in [0.15, 0.2) is 54.1 Å². The summed E-state index contributed by atoms with van der Waals surface area (Å²) >= 11 is 0. The highest BCUT2D eigenvalue weighted by Crippen LogP contribution is 2.43. The van der Waals surface area contributed by atoms with E-state index in [9.17, 15) is 18.5 Å². The zero-order valence-corrected chi connectivity index (χ0v) is 21.6. The van der Waals surface area contributed by atoms with Gasteiger partial charge in [-0.1, -0.05) is 12.1 Å². The fraction of sp³-hybridized carbons (Fsp3) is 0.333. The molecule has 1 aliphatic rings.